The highest BCUT2D eigenvalue weighted by Gasteiger charge is 2.21. The number of benzene rings is 1. The minimum absolute atomic E-state index is 0.204. The van der Waals surface area contributed by atoms with Crippen LogP contribution in [0.25, 0.3) is 0 Å². The van der Waals surface area contributed by atoms with E-state index in [9.17, 15) is 4.79 Å². The number of carbonyl (C=O) groups excluding carboxylic acids is 1. The van der Waals surface area contributed by atoms with E-state index in [0.29, 0.717) is 18.0 Å². The van der Waals surface area contributed by atoms with Gasteiger partial charge in [0.1, 0.15) is 5.75 Å². The zero-order valence-electron chi connectivity index (χ0n) is 13.4. The van der Waals surface area contributed by atoms with E-state index < -0.39 is 0 Å². The van der Waals surface area contributed by atoms with Crippen LogP contribution in [0.4, 0.5) is 10.5 Å². The number of rotatable bonds is 5. The molecule has 122 valence electrons. The van der Waals surface area contributed by atoms with Gasteiger partial charge in [-0.15, -0.1) is 0 Å². The Hall–Kier alpha value is -1.95. The lowest BCUT2D eigenvalue weighted by molar-refractivity contribution is 0.0799. The minimum atomic E-state index is -0.204. The van der Waals surface area contributed by atoms with Crippen LogP contribution in [0, 0.1) is 0 Å². The van der Waals surface area contributed by atoms with Crippen molar-refractivity contribution in [1.82, 2.24) is 9.80 Å². The first-order chi connectivity index (χ1) is 10.6. The number of nitrogens with zero attached hydrogens (tertiary/aromatic N) is 2. The van der Waals surface area contributed by atoms with Crippen LogP contribution in [0.3, 0.4) is 0 Å². The smallest absolute Gasteiger partial charge is 0.409 e. The Morgan fingerprint density at radius 3 is 2.59 bits per heavy atom. The molecule has 0 atom stereocenters. The molecule has 1 aromatic rings. The first-order valence-electron chi connectivity index (χ1n) is 7.70. The summed E-state index contributed by atoms with van der Waals surface area (Å²) in [4.78, 5) is 15.8. The van der Waals surface area contributed by atoms with Crippen LogP contribution in [0.2, 0.25) is 0 Å². The lowest BCUT2D eigenvalue weighted by atomic mass is 10.1. The summed E-state index contributed by atoms with van der Waals surface area (Å²) in [5, 5.41) is 0. The number of piperazine rings is 1. The van der Waals surface area contributed by atoms with Crippen LogP contribution in [-0.2, 0) is 11.2 Å². The normalized spacial score (nSPS) is 15.6. The minimum Gasteiger partial charge on any atom is -0.495 e. The second-order valence-corrected chi connectivity index (χ2v) is 5.35. The van der Waals surface area contributed by atoms with Crippen molar-refractivity contribution in [3.63, 3.8) is 0 Å². The number of ether oxygens (including phenoxy) is 2. The maximum Gasteiger partial charge on any atom is 0.409 e. The summed E-state index contributed by atoms with van der Waals surface area (Å²) < 4.78 is 10.2. The molecule has 1 saturated heterocycles. The van der Waals surface area contributed by atoms with Gasteiger partial charge < -0.3 is 20.1 Å². The molecule has 0 saturated carbocycles. The summed E-state index contributed by atoms with van der Waals surface area (Å²) in [6.45, 7) is 6.43. The molecule has 2 N–H and O–H groups in total. The van der Waals surface area contributed by atoms with Gasteiger partial charge in [-0.1, -0.05) is 6.07 Å². The van der Waals surface area contributed by atoms with Gasteiger partial charge in [-0.2, -0.15) is 0 Å². The summed E-state index contributed by atoms with van der Waals surface area (Å²) >= 11 is 0. The molecule has 0 radical (unpaired) electrons. The van der Waals surface area contributed by atoms with Crippen molar-refractivity contribution < 1.29 is 14.3 Å². The molecule has 1 fully saturated rings. The number of hydrogen-bond donors (Lipinski definition) is 1. The van der Waals surface area contributed by atoms with Gasteiger partial charge in [0.05, 0.1) is 19.4 Å². The van der Waals surface area contributed by atoms with Gasteiger partial charge in [0, 0.05) is 32.7 Å². The van der Waals surface area contributed by atoms with E-state index in [1.54, 1.807) is 12.0 Å². The fourth-order valence-corrected chi connectivity index (χ4v) is 2.60. The molecule has 6 heteroatoms. The van der Waals surface area contributed by atoms with Crippen LogP contribution in [0.1, 0.15) is 12.5 Å². The topological polar surface area (TPSA) is 68.0 Å². The zero-order valence-corrected chi connectivity index (χ0v) is 13.4. The summed E-state index contributed by atoms with van der Waals surface area (Å²) in [5.74, 6) is 0.715. The highest BCUT2D eigenvalue weighted by atomic mass is 16.6. The summed E-state index contributed by atoms with van der Waals surface area (Å²) in [7, 11) is 1.62. The number of carbonyl (C=O) groups is 1. The third kappa shape index (κ3) is 4.27. The highest BCUT2D eigenvalue weighted by molar-refractivity contribution is 5.67. The van der Waals surface area contributed by atoms with E-state index in [2.05, 4.69) is 4.90 Å². The molecule has 0 spiro atoms. The molecular formula is C16H25N3O3. The fourth-order valence-electron chi connectivity index (χ4n) is 2.60. The van der Waals surface area contributed by atoms with Crippen LogP contribution in [-0.4, -0.2) is 62.3 Å². The molecule has 0 bridgehead atoms. The standard InChI is InChI=1S/C16H25N3O3/c1-3-22-16(20)19-10-8-18(9-11-19)7-6-13-4-5-15(21-2)14(17)12-13/h4-5,12H,3,6-11,17H2,1-2H3. The lowest BCUT2D eigenvalue weighted by Gasteiger charge is -2.34. The van der Waals surface area contributed by atoms with Crippen LogP contribution >= 0.6 is 0 Å². The molecular weight excluding hydrogens is 282 g/mol. The van der Waals surface area contributed by atoms with Crippen LogP contribution < -0.4 is 10.5 Å². The number of nitrogen functional groups attached to an aromatic ring is 1. The van der Waals surface area contributed by atoms with Crippen LogP contribution in [0.15, 0.2) is 18.2 Å². The van der Waals surface area contributed by atoms with E-state index in [4.69, 9.17) is 15.2 Å². The molecule has 1 aliphatic heterocycles. The van der Waals surface area contributed by atoms with Crippen LogP contribution in [0.5, 0.6) is 5.75 Å². The van der Waals surface area contributed by atoms with Gasteiger partial charge in [-0.05, 0) is 31.0 Å². The summed E-state index contributed by atoms with van der Waals surface area (Å²) in [5.41, 5.74) is 7.80. The Morgan fingerprint density at radius 1 is 1.27 bits per heavy atom. The molecule has 22 heavy (non-hydrogen) atoms. The SMILES string of the molecule is CCOC(=O)N1CCN(CCc2ccc(OC)c(N)c2)CC1. The molecule has 0 aromatic heterocycles. The molecule has 1 aromatic carbocycles. The third-order valence-electron chi connectivity index (χ3n) is 3.91. The summed E-state index contributed by atoms with van der Waals surface area (Å²) in [6, 6.07) is 5.92. The highest BCUT2D eigenvalue weighted by Crippen LogP contribution is 2.22. The maximum absolute atomic E-state index is 11.6. The first-order valence-corrected chi connectivity index (χ1v) is 7.70. The van der Waals surface area contributed by atoms with E-state index >= 15 is 0 Å². The van der Waals surface area contributed by atoms with Crippen molar-refractivity contribution in [3.8, 4) is 5.75 Å². The molecule has 2 rings (SSSR count). The molecule has 1 heterocycles. The third-order valence-corrected chi connectivity index (χ3v) is 3.91. The number of amides is 1. The predicted molar refractivity (Wildman–Crippen MR) is 86.1 cm³/mol. The molecule has 1 amide bonds. The molecule has 1 aliphatic rings. The molecule has 0 unspecified atom stereocenters. The van der Waals surface area contributed by atoms with Gasteiger partial charge in [0.2, 0.25) is 0 Å². The van der Waals surface area contributed by atoms with Gasteiger partial charge in [-0.3, -0.25) is 4.90 Å². The predicted octanol–water partition coefficient (Wildman–Crippen LogP) is 1.59. The van der Waals surface area contributed by atoms with Crippen molar-refractivity contribution in [1.29, 1.82) is 0 Å². The summed E-state index contributed by atoms with van der Waals surface area (Å²) in [6.07, 6.45) is 0.734. The largest absolute Gasteiger partial charge is 0.495 e. The average molecular weight is 307 g/mol. The van der Waals surface area contributed by atoms with Crippen molar-refractivity contribution in [3.05, 3.63) is 23.8 Å². The zero-order chi connectivity index (χ0) is 15.9. The van der Waals surface area contributed by atoms with E-state index in [0.717, 1.165) is 39.1 Å². The van der Waals surface area contributed by atoms with Crippen molar-refractivity contribution in [2.45, 2.75) is 13.3 Å². The second-order valence-electron chi connectivity index (χ2n) is 5.35. The lowest BCUT2D eigenvalue weighted by Crippen LogP contribution is -2.49. The molecule has 0 aliphatic carbocycles. The fraction of sp³-hybridized carbons (Fsp3) is 0.562. The first kappa shape index (κ1) is 16.4. The maximum atomic E-state index is 11.6. The molecule has 6 nitrogen and oxygen atoms in total. The Morgan fingerprint density at radius 2 is 2.00 bits per heavy atom. The number of nitrogens with two attached hydrogens (primary N) is 1. The van der Waals surface area contributed by atoms with Crippen molar-refractivity contribution in [2.24, 2.45) is 0 Å². The van der Waals surface area contributed by atoms with E-state index in [1.165, 1.54) is 5.56 Å². The Labute approximate surface area is 131 Å². The number of anilines is 1. The second kappa shape index (κ2) is 7.89. The van der Waals surface area contributed by atoms with Gasteiger partial charge in [-0.25, -0.2) is 4.79 Å². The Balaban J connectivity index is 1.77. The van der Waals surface area contributed by atoms with Crippen molar-refractivity contribution in [2.75, 3.05) is 52.2 Å². The van der Waals surface area contributed by atoms with Crippen molar-refractivity contribution >= 4 is 11.8 Å². The Kier molecular flexibility index (Phi) is 5.89. The number of hydrogen-bond acceptors (Lipinski definition) is 5. The van der Waals surface area contributed by atoms with Gasteiger partial charge >= 0.3 is 6.09 Å². The van der Waals surface area contributed by atoms with Gasteiger partial charge in [0.25, 0.3) is 0 Å². The average Bonchev–Trinajstić information content (AvgIpc) is 2.54. The van der Waals surface area contributed by atoms with Gasteiger partial charge in [0.15, 0.2) is 0 Å². The quantitative estimate of drug-likeness (QED) is 0.837. The van der Waals surface area contributed by atoms with E-state index in [1.807, 2.05) is 25.1 Å². The van der Waals surface area contributed by atoms with E-state index in [-0.39, 0.29) is 6.09 Å². The monoisotopic (exact) mass is 307 g/mol. The number of methoxy groups -OCH3 is 1. The Bertz CT molecular complexity index is 499.